The number of nitrogens with zero attached hydrogens (tertiary/aromatic N) is 7. The highest BCUT2D eigenvalue weighted by Crippen LogP contribution is 2.33. The van der Waals surface area contributed by atoms with Gasteiger partial charge in [0.15, 0.2) is 5.82 Å². The molecule has 1 aliphatic carbocycles. The Kier molecular flexibility index (Phi) is 6.57. The van der Waals surface area contributed by atoms with Crippen molar-refractivity contribution in [1.29, 1.82) is 5.26 Å². The van der Waals surface area contributed by atoms with Gasteiger partial charge in [-0.15, -0.1) is 0 Å². The van der Waals surface area contributed by atoms with Crippen molar-refractivity contribution in [3.8, 4) is 23.1 Å². The summed E-state index contributed by atoms with van der Waals surface area (Å²) in [5.41, 5.74) is 7.33. The number of ether oxygens (including phenoxy) is 1. The molecular weight excluding hydrogens is 466 g/mol. The van der Waals surface area contributed by atoms with Crippen molar-refractivity contribution in [2.45, 2.75) is 53.5 Å². The molecular formula is C28H29N7O2. The summed E-state index contributed by atoms with van der Waals surface area (Å²) in [6, 6.07) is 11.6. The zero-order chi connectivity index (χ0) is 26.1. The van der Waals surface area contributed by atoms with Crippen molar-refractivity contribution >= 4 is 5.97 Å². The molecule has 0 N–H and O–H groups in total. The van der Waals surface area contributed by atoms with Gasteiger partial charge in [0.25, 0.3) is 0 Å². The third-order valence-electron chi connectivity index (χ3n) is 6.78. The van der Waals surface area contributed by atoms with Crippen molar-refractivity contribution in [2.24, 2.45) is 5.92 Å². The molecule has 0 unspecified atom stereocenters. The van der Waals surface area contributed by atoms with Gasteiger partial charge in [-0.1, -0.05) is 12.1 Å². The minimum Gasteiger partial charge on any atom is -0.462 e. The molecule has 0 atom stereocenters. The van der Waals surface area contributed by atoms with Crippen LogP contribution in [0.15, 0.2) is 36.7 Å². The molecule has 5 rings (SSSR count). The lowest BCUT2D eigenvalue weighted by Gasteiger charge is -2.09. The molecule has 9 nitrogen and oxygen atoms in total. The Morgan fingerprint density at radius 1 is 1.14 bits per heavy atom. The summed E-state index contributed by atoms with van der Waals surface area (Å²) in [5, 5.41) is 18.7. The average molecular weight is 496 g/mol. The van der Waals surface area contributed by atoms with Gasteiger partial charge in [0.1, 0.15) is 11.9 Å². The number of nitriles is 1. The van der Waals surface area contributed by atoms with E-state index in [2.05, 4.69) is 32.7 Å². The van der Waals surface area contributed by atoms with E-state index in [4.69, 9.17) is 15.1 Å². The lowest BCUT2D eigenvalue weighted by atomic mass is 10.0. The topological polar surface area (TPSA) is 112 Å². The number of rotatable bonds is 8. The van der Waals surface area contributed by atoms with E-state index < -0.39 is 0 Å². The number of aromatic nitrogens is 6. The highest BCUT2D eigenvalue weighted by atomic mass is 16.5. The summed E-state index contributed by atoms with van der Waals surface area (Å²) in [6.45, 7) is 8.69. The maximum atomic E-state index is 12.4. The van der Waals surface area contributed by atoms with Crippen LogP contribution in [0.25, 0.3) is 17.1 Å². The molecule has 0 amide bonds. The molecule has 0 radical (unpaired) electrons. The van der Waals surface area contributed by atoms with Gasteiger partial charge in [0, 0.05) is 30.3 Å². The number of hydrogen-bond acceptors (Lipinski definition) is 7. The fraction of sp³-hybridized carbons (Fsp3) is 0.357. The first kappa shape index (κ1) is 24.4. The number of carbonyl (C=O) groups is 1. The predicted molar refractivity (Wildman–Crippen MR) is 137 cm³/mol. The monoisotopic (exact) mass is 495 g/mol. The average Bonchev–Trinajstić information content (AvgIpc) is 3.60. The summed E-state index contributed by atoms with van der Waals surface area (Å²) < 4.78 is 8.99. The van der Waals surface area contributed by atoms with Crippen LogP contribution in [0, 0.1) is 38.0 Å². The maximum absolute atomic E-state index is 12.4. The van der Waals surface area contributed by atoms with Gasteiger partial charge in [-0.2, -0.15) is 15.5 Å². The van der Waals surface area contributed by atoms with Crippen LogP contribution in [-0.4, -0.2) is 42.1 Å². The Labute approximate surface area is 215 Å². The molecule has 1 aliphatic rings. The fourth-order valence-corrected chi connectivity index (χ4v) is 4.62. The first-order valence-corrected chi connectivity index (χ1v) is 12.5. The molecule has 1 aromatic carbocycles. The number of esters is 1. The Bertz CT molecular complexity index is 1500. The van der Waals surface area contributed by atoms with Gasteiger partial charge in [0.2, 0.25) is 0 Å². The molecule has 4 aromatic rings. The van der Waals surface area contributed by atoms with Crippen LogP contribution in [-0.2, 0) is 17.7 Å². The lowest BCUT2D eigenvalue weighted by Crippen LogP contribution is -2.10. The first-order chi connectivity index (χ1) is 17.9. The van der Waals surface area contributed by atoms with Crippen molar-refractivity contribution in [3.63, 3.8) is 0 Å². The highest BCUT2D eigenvalue weighted by molar-refractivity contribution is 5.92. The van der Waals surface area contributed by atoms with Crippen molar-refractivity contribution < 1.29 is 9.53 Å². The van der Waals surface area contributed by atoms with Crippen LogP contribution in [0.4, 0.5) is 0 Å². The van der Waals surface area contributed by atoms with Crippen molar-refractivity contribution in [2.75, 3.05) is 6.61 Å². The number of hydrogen-bond donors (Lipinski definition) is 0. The number of aryl methyl sites for hydroxylation is 1. The molecule has 1 saturated carbocycles. The highest BCUT2D eigenvalue weighted by Gasteiger charge is 2.26. The summed E-state index contributed by atoms with van der Waals surface area (Å²) in [5.74, 6) is 0.871. The Morgan fingerprint density at radius 2 is 1.89 bits per heavy atom. The Balaban J connectivity index is 1.49. The second-order valence-corrected chi connectivity index (χ2v) is 9.46. The third kappa shape index (κ3) is 4.87. The third-order valence-corrected chi connectivity index (χ3v) is 6.78. The van der Waals surface area contributed by atoms with Crippen LogP contribution in [0.5, 0.6) is 0 Å². The predicted octanol–water partition coefficient (Wildman–Crippen LogP) is 4.50. The lowest BCUT2D eigenvalue weighted by molar-refractivity contribution is 0.0524. The van der Waals surface area contributed by atoms with E-state index in [0.717, 1.165) is 34.8 Å². The van der Waals surface area contributed by atoms with Gasteiger partial charge in [-0.05, 0) is 64.2 Å². The second kappa shape index (κ2) is 9.97. The van der Waals surface area contributed by atoms with E-state index in [1.54, 1.807) is 18.5 Å². The Morgan fingerprint density at radius 3 is 2.57 bits per heavy atom. The smallest absolute Gasteiger partial charge is 0.341 e. The molecule has 0 aliphatic heterocycles. The van der Waals surface area contributed by atoms with Gasteiger partial charge in [-0.3, -0.25) is 4.68 Å². The largest absolute Gasteiger partial charge is 0.462 e. The van der Waals surface area contributed by atoms with Crippen LogP contribution in [0.2, 0.25) is 0 Å². The maximum Gasteiger partial charge on any atom is 0.341 e. The van der Waals surface area contributed by atoms with E-state index in [-0.39, 0.29) is 5.97 Å². The molecule has 0 spiro atoms. The summed E-state index contributed by atoms with van der Waals surface area (Å²) >= 11 is 0. The van der Waals surface area contributed by atoms with Crippen molar-refractivity contribution in [3.05, 3.63) is 76.1 Å². The normalized spacial score (nSPS) is 12.9. The molecule has 37 heavy (non-hydrogen) atoms. The zero-order valence-electron chi connectivity index (χ0n) is 21.5. The number of carbonyl (C=O) groups excluding carboxylic acids is 1. The van der Waals surface area contributed by atoms with E-state index >= 15 is 0 Å². The van der Waals surface area contributed by atoms with Crippen LogP contribution in [0.1, 0.15) is 64.0 Å². The number of benzene rings is 1. The standard InChI is InChI=1S/C28H29N7O2/c1-5-37-28(36)26-18(3)32-35(19(26)4)25-13-23(30-16-31-25)12-24-17(2)27(33-34(24)15-21-6-7-21)22-10-8-20(14-29)9-11-22/h8-11,13,16,21H,5-7,12,15H2,1-4H3. The van der Waals surface area contributed by atoms with Gasteiger partial charge in [0.05, 0.1) is 41.0 Å². The Hall–Kier alpha value is -4.32. The van der Waals surface area contributed by atoms with Gasteiger partial charge >= 0.3 is 5.97 Å². The van der Waals surface area contributed by atoms with E-state index in [1.165, 1.54) is 19.2 Å². The zero-order valence-corrected chi connectivity index (χ0v) is 21.5. The van der Waals surface area contributed by atoms with Crippen LogP contribution in [0.3, 0.4) is 0 Å². The van der Waals surface area contributed by atoms with Gasteiger partial charge in [-0.25, -0.2) is 19.4 Å². The summed E-state index contributed by atoms with van der Waals surface area (Å²) in [4.78, 5) is 21.4. The first-order valence-electron chi connectivity index (χ1n) is 12.5. The fourth-order valence-electron chi connectivity index (χ4n) is 4.62. The minimum atomic E-state index is -0.382. The van der Waals surface area contributed by atoms with Crippen molar-refractivity contribution in [1.82, 2.24) is 29.5 Å². The minimum absolute atomic E-state index is 0.304. The summed E-state index contributed by atoms with van der Waals surface area (Å²) in [6.07, 6.45) is 4.57. The SMILES string of the molecule is CCOC(=O)c1c(C)nn(-c2cc(Cc3c(C)c(-c4ccc(C#N)cc4)nn3CC3CC3)ncn2)c1C. The van der Waals surface area contributed by atoms with Crippen LogP contribution < -0.4 is 0 Å². The molecule has 0 bridgehead atoms. The van der Waals surface area contributed by atoms with Crippen LogP contribution >= 0.6 is 0 Å². The second-order valence-electron chi connectivity index (χ2n) is 9.46. The summed E-state index contributed by atoms with van der Waals surface area (Å²) in [7, 11) is 0. The van der Waals surface area contributed by atoms with Gasteiger partial charge < -0.3 is 4.74 Å². The molecule has 3 heterocycles. The van der Waals surface area contributed by atoms with E-state index in [9.17, 15) is 4.79 Å². The molecule has 3 aromatic heterocycles. The molecule has 188 valence electrons. The van der Waals surface area contributed by atoms with E-state index in [0.29, 0.717) is 47.3 Å². The van der Waals surface area contributed by atoms with E-state index in [1.807, 2.05) is 37.3 Å². The molecule has 0 saturated heterocycles. The molecule has 1 fully saturated rings. The molecule has 9 heteroatoms. The quantitative estimate of drug-likeness (QED) is 0.331.